The van der Waals surface area contributed by atoms with Gasteiger partial charge in [-0.15, -0.1) is 0 Å². The molecule has 2 aromatic rings. The summed E-state index contributed by atoms with van der Waals surface area (Å²) in [7, 11) is 0. The van der Waals surface area contributed by atoms with Gasteiger partial charge in [0.15, 0.2) is 0 Å². The van der Waals surface area contributed by atoms with Gasteiger partial charge in [0, 0.05) is 18.8 Å². The van der Waals surface area contributed by atoms with Gasteiger partial charge in [0.1, 0.15) is 5.70 Å². The first-order valence-corrected chi connectivity index (χ1v) is 9.59. The molecule has 0 aromatic heterocycles. The van der Waals surface area contributed by atoms with E-state index in [-0.39, 0.29) is 17.9 Å². The molecule has 0 saturated heterocycles. The molecule has 1 N–H and O–H groups in total. The molecule has 1 heterocycles. The molecular weight excluding hydrogens is 352 g/mol. The van der Waals surface area contributed by atoms with Gasteiger partial charge in [-0.05, 0) is 44.4 Å². The van der Waals surface area contributed by atoms with Crippen LogP contribution in [0.15, 0.2) is 60.3 Å². The van der Waals surface area contributed by atoms with Gasteiger partial charge in [0.2, 0.25) is 0 Å². The van der Waals surface area contributed by atoms with Crippen LogP contribution in [0.5, 0.6) is 0 Å². The highest BCUT2D eigenvalue weighted by Crippen LogP contribution is 2.31. The van der Waals surface area contributed by atoms with Crippen LogP contribution in [0.2, 0.25) is 0 Å². The highest BCUT2D eigenvalue weighted by molar-refractivity contribution is 6.36. The lowest BCUT2D eigenvalue weighted by Crippen LogP contribution is -2.34. The molecule has 0 aliphatic carbocycles. The Hall–Kier alpha value is -2.92. The molecule has 3 rings (SSSR count). The fraction of sp³-hybridized carbons (Fsp3) is 0.304. The third-order valence-corrected chi connectivity index (χ3v) is 4.61. The van der Waals surface area contributed by atoms with E-state index in [1.807, 2.05) is 75.4 Å². The van der Waals surface area contributed by atoms with E-state index in [1.165, 1.54) is 4.90 Å². The number of rotatable bonds is 8. The molecule has 0 spiro atoms. The predicted molar refractivity (Wildman–Crippen MR) is 111 cm³/mol. The minimum absolute atomic E-state index is 0.126. The molecule has 0 fully saturated rings. The molecule has 0 radical (unpaired) electrons. The zero-order valence-electron chi connectivity index (χ0n) is 16.6. The number of hydrogen-bond donors (Lipinski definition) is 1. The number of nitrogens with one attached hydrogen (secondary N) is 1. The third kappa shape index (κ3) is 4.31. The van der Waals surface area contributed by atoms with E-state index in [0.29, 0.717) is 30.8 Å². The van der Waals surface area contributed by atoms with Crippen LogP contribution in [0.3, 0.4) is 0 Å². The second-order valence-corrected chi connectivity index (χ2v) is 7.09. The molecular formula is C23H26N2O3. The molecule has 0 unspecified atom stereocenters. The Kier molecular flexibility index (Phi) is 6.26. The largest absolute Gasteiger partial charge is 0.379 e. The maximum Gasteiger partial charge on any atom is 0.278 e. The Morgan fingerprint density at radius 1 is 0.964 bits per heavy atom. The number of anilines is 1. The van der Waals surface area contributed by atoms with Gasteiger partial charge >= 0.3 is 0 Å². The Morgan fingerprint density at radius 2 is 1.64 bits per heavy atom. The van der Waals surface area contributed by atoms with E-state index in [0.717, 1.165) is 16.8 Å². The lowest BCUT2D eigenvalue weighted by molar-refractivity contribution is -0.137. The minimum Gasteiger partial charge on any atom is -0.379 e. The van der Waals surface area contributed by atoms with E-state index >= 15 is 0 Å². The lowest BCUT2D eigenvalue weighted by Gasteiger charge is -2.16. The molecule has 0 bridgehead atoms. The van der Waals surface area contributed by atoms with E-state index in [1.54, 1.807) is 0 Å². The van der Waals surface area contributed by atoms with Gasteiger partial charge in [-0.3, -0.25) is 14.5 Å². The summed E-state index contributed by atoms with van der Waals surface area (Å²) in [5, 5.41) is 3.21. The number of benzene rings is 2. The van der Waals surface area contributed by atoms with Crippen LogP contribution in [0.4, 0.5) is 5.69 Å². The highest BCUT2D eigenvalue weighted by atomic mass is 16.5. The fourth-order valence-electron chi connectivity index (χ4n) is 3.16. The van der Waals surface area contributed by atoms with Crippen LogP contribution >= 0.6 is 0 Å². The summed E-state index contributed by atoms with van der Waals surface area (Å²) in [5.41, 5.74) is 3.30. The first-order chi connectivity index (χ1) is 13.5. The Morgan fingerprint density at radius 3 is 2.32 bits per heavy atom. The predicted octanol–water partition coefficient (Wildman–Crippen LogP) is 4.00. The average Bonchev–Trinajstić information content (AvgIpc) is 2.91. The molecule has 5 nitrogen and oxygen atoms in total. The van der Waals surface area contributed by atoms with Crippen LogP contribution in [0.25, 0.3) is 5.57 Å². The minimum atomic E-state index is -0.295. The van der Waals surface area contributed by atoms with Crippen LogP contribution in [0, 0.1) is 6.92 Å². The number of imide groups is 1. The van der Waals surface area contributed by atoms with Crippen LogP contribution in [-0.2, 0) is 14.3 Å². The average molecular weight is 378 g/mol. The topological polar surface area (TPSA) is 58.6 Å². The van der Waals surface area contributed by atoms with Crippen molar-refractivity contribution in [1.82, 2.24) is 4.90 Å². The first-order valence-electron chi connectivity index (χ1n) is 9.59. The molecule has 2 amide bonds. The van der Waals surface area contributed by atoms with Crippen LogP contribution < -0.4 is 5.32 Å². The molecule has 0 saturated carbocycles. The summed E-state index contributed by atoms with van der Waals surface area (Å²) in [6.07, 6.45) is 0.733. The highest BCUT2D eigenvalue weighted by Gasteiger charge is 2.38. The SMILES string of the molecule is Cc1ccccc1NC1=C(c2ccccc2)C(=O)N(CCCOC(C)C)C1=O. The van der Waals surface area contributed by atoms with Crippen molar-refractivity contribution in [3.8, 4) is 0 Å². The van der Waals surface area contributed by atoms with E-state index in [9.17, 15) is 9.59 Å². The van der Waals surface area contributed by atoms with Crippen molar-refractivity contribution in [1.29, 1.82) is 0 Å². The van der Waals surface area contributed by atoms with E-state index in [2.05, 4.69) is 5.32 Å². The Bertz CT molecular complexity index is 888. The van der Waals surface area contributed by atoms with Gasteiger partial charge in [-0.25, -0.2) is 0 Å². The van der Waals surface area contributed by atoms with Gasteiger partial charge in [-0.1, -0.05) is 48.5 Å². The molecule has 1 aliphatic heterocycles. The number of para-hydroxylation sites is 1. The number of aryl methyl sites for hydroxylation is 1. The molecule has 2 aromatic carbocycles. The zero-order valence-corrected chi connectivity index (χ0v) is 16.6. The maximum atomic E-state index is 13.1. The standard InChI is InChI=1S/C23H26N2O3/c1-16(2)28-15-9-14-25-22(26)20(18-11-5-4-6-12-18)21(23(25)27)24-19-13-8-7-10-17(19)3/h4-8,10-13,16,24H,9,14-15H2,1-3H3. The summed E-state index contributed by atoms with van der Waals surface area (Å²) in [6, 6.07) is 17.0. The van der Waals surface area contributed by atoms with Crippen LogP contribution in [0.1, 0.15) is 31.4 Å². The monoisotopic (exact) mass is 378 g/mol. The number of nitrogens with zero attached hydrogens (tertiary/aromatic N) is 1. The second kappa shape index (κ2) is 8.85. The summed E-state index contributed by atoms with van der Waals surface area (Å²) in [4.78, 5) is 27.5. The quantitative estimate of drug-likeness (QED) is 0.557. The second-order valence-electron chi connectivity index (χ2n) is 7.09. The van der Waals surface area contributed by atoms with Gasteiger partial charge in [0.05, 0.1) is 11.7 Å². The molecule has 5 heteroatoms. The molecule has 28 heavy (non-hydrogen) atoms. The van der Waals surface area contributed by atoms with E-state index < -0.39 is 0 Å². The van der Waals surface area contributed by atoms with Crippen molar-refractivity contribution in [3.05, 3.63) is 71.4 Å². The summed E-state index contributed by atoms with van der Waals surface area (Å²) >= 11 is 0. The maximum absolute atomic E-state index is 13.1. The third-order valence-electron chi connectivity index (χ3n) is 4.61. The van der Waals surface area contributed by atoms with E-state index in [4.69, 9.17) is 4.74 Å². The molecule has 0 atom stereocenters. The van der Waals surface area contributed by atoms with Gasteiger partial charge < -0.3 is 10.1 Å². The lowest BCUT2D eigenvalue weighted by atomic mass is 10.0. The molecule has 146 valence electrons. The smallest absolute Gasteiger partial charge is 0.278 e. The van der Waals surface area contributed by atoms with Crippen molar-refractivity contribution in [2.45, 2.75) is 33.3 Å². The van der Waals surface area contributed by atoms with Crippen molar-refractivity contribution in [3.63, 3.8) is 0 Å². The zero-order chi connectivity index (χ0) is 20.1. The van der Waals surface area contributed by atoms with Crippen molar-refractivity contribution in [2.24, 2.45) is 0 Å². The van der Waals surface area contributed by atoms with Gasteiger partial charge in [-0.2, -0.15) is 0 Å². The van der Waals surface area contributed by atoms with Gasteiger partial charge in [0.25, 0.3) is 11.8 Å². The molecule has 1 aliphatic rings. The van der Waals surface area contributed by atoms with Crippen LogP contribution in [-0.4, -0.2) is 36.0 Å². The van der Waals surface area contributed by atoms with Crippen molar-refractivity contribution < 1.29 is 14.3 Å². The number of ether oxygens (including phenoxy) is 1. The Labute approximate surface area is 166 Å². The first kappa shape index (κ1) is 19.8. The van der Waals surface area contributed by atoms with Crippen molar-refractivity contribution >= 4 is 23.1 Å². The normalized spacial score (nSPS) is 14.4. The number of amides is 2. The summed E-state index contributed by atoms with van der Waals surface area (Å²) in [5.74, 6) is -0.562. The number of hydrogen-bond acceptors (Lipinski definition) is 4. The Balaban J connectivity index is 1.89. The number of carbonyl (C=O) groups excluding carboxylic acids is 2. The fourth-order valence-corrected chi connectivity index (χ4v) is 3.16. The number of carbonyl (C=O) groups is 2. The summed E-state index contributed by atoms with van der Waals surface area (Å²) in [6.45, 7) is 6.74. The summed E-state index contributed by atoms with van der Waals surface area (Å²) < 4.78 is 5.54. The van der Waals surface area contributed by atoms with Crippen molar-refractivity contribution in [2.75, 3.05) is 18.5 Å².